The number of ether oxygens (including phenoxy) is 2. The van der Waals surface area contributed by atoms with Crippen molar-refractivity contribution >= 4 is 35.3 Å². The average molecular weight is 683 g/mol. The maximum atomic E-state index is 16.1. The van der Waals surface area contributed by atoms with Crippen LogP contribution in [-0.4, -0.2) is 87.5 Å². The summed E-state index contributed by atoms with van der Waals surface area (Å²) in [4.78, 5) is 14.5. The number of aromatic hydroxyl groups is 1. The third-order valence-electron chi connectivity index (χ3n) is 10.4. The summed E-state index contributed by atoms with van der Waals surface area (Å²) >= 11 is 0. The fourth-order valence-corrected chi connectivity index (χ4v) is 7.70. The lowest BCUT2D eigenvalue weighted by Crippen LogP contribution is -2.62. The van der Waals surface area contributed by atoms with Crippen LogP contribution in [0, 0.1) is 24.0 Å². The summed E-state index contributed by atoms with van der Waals surface area (Å²) in [7, 11) is 6.29. The fraction of sp³-hybridized carbons (Fsp3) is 0.486. The number of nitrogen functional groups attached to an aromatic ring is 1. The highest BCUT2D eigenvalue weighted by atomic mass is 19.1. The molecule has 2 aromatic heterocycles. The number of terminal acetylenes is 1. The molecule has 0 bridgehead atoms. The second-order valence-corrected chi connectivity index (χ2v) is 13.8. The maximum Gasteiger partial charge on any atom is 0.321 e. The largest absolute Gasteiger partial charge is 0.508 e. The van der Waals surface area contributed by atoms with Gasteiger partial charge in [0.1, 0.15) is 28.6 Å². The lowest BCUT2D eigenvalue weighted by atomic mass is 9.73. The zero-order chi connectivity index (χ0) is 35.0. The molecule has 1 saturated carbocycles. The number of anilines is 1. The van der Waals surface area contributed by atoms with Crippen molar-refractivity contribution in [1.29, 1.82) is 0 Å². The quantitative estimate of drug-likeness (QED) is 0.121. The van der Waals surface area contributed by atoms with Gasteiger partial charge in [0.2, 0.25) is 0 Å². The summed E-state index contributed by atoms with van der Waals surface area (Å²) in [5, 5.41) is 25.8. The minimum atomic E-state index is -2.15. The Kier molecular flexibility index (Phi) is 9.56. The average Bonchev–Trinajstić information content (AvgIpc) is 3.75. The van der Waals surface area contributed by atoms with Gasteiger partial charge in [0.05, 0.1) is 29.2 Å². The van der Waals surface area contributed by atoms with E-state index in [-0.39, 0.29) is 44.7 Å². The van der Waals surface area contributed by atoms with E-state index in [2.05, 4.69) is 31.1 Å². The molecule has 50 heavy (non-hydrogen) atoms. The van der Waals surface area contributed by atoms with E-state index in [4.69, 9.17) is 29.5 Å². The van der Waals surface area contributed by atoms with Crippen molar-refractivity contribution < 1.29 is 28.5 Å². The number of nitrogens with zero attached hydrogens (tertiary/aromatic N) is 4. The molecule has 3 aliphatic heterocycles. The molecular formula is C37H41BF2N6O4. The molecule has 0 amide bonds. The maximum absolute atomic E-state index is 16.1. The minimum Gasteiger partial charge on any atom is -0.508 e. The molecule has 13 heteroatoms. The number of pyridine rings is 1. The van der Waals surface area contributed by atoms with Crippen LogP contribution in [0.5, 0.6) is 11.8 Å². The van der Waals surface area contributed by atoms with Crippen LogP contribution in [0.15, 0.2) is 30.5 Å². The number of rotatable bonds is 7. The summed E-state index contributed by atoms with van der Waals surface area (Å²) < 4.78 is 42.0. The summed E-state index contributed by atoms with van der Waals surface area (Å²) in [6.45, 7) is 3.71. The van der Waals surface area contributed by atoms with E-state index in [1.54, 1.807) is 0 Å². The van der Waals surface area contributed by atoms with Crippen LogP contribution in [0.25, 0.3) is 32.9 Å². The number of halogens is 2. The Morgan fingerprint density at radius 3 is 2.62 bits per heavy atom. The standard InChI is InChI=1S/C27H22BF2N5O3.C10H19NO/c1-2-16-19(29)6-5-14-11-15(36)12-17(20(14)16)22-21(30)23-18(13-32-22)24(31)34-25(33-23)38-27(28,37)26-7-3-9-35(26)10-4-8-26;1-2-4-9(11-7-3-1)8-12-10-5-6-10/h1,5-6,11-13,36-37H,3-4,7-10H2,(H2,31,33,34);9-11H,1-8H2. The number of nitrogens with two attached hydrogens (primary N) is 1. The first-order chi connectivity index (χ1) is 24.1. The number of aliphatic hydroxyl groups is 1. The van der Waals surface area contributed by atoms with Crippen LogP contribution < -0.4 is 15.8 Å². The molecule has 1 aliphatic carbocycles. The van der Waals surface area contributed by atoms with Crippen molar-refractivity contribution in [2.45, 2.75) is 87.6 Å². The van der Waals surface area contributed by atoms with Gasteiger partial charge in [-0.1, -0.05) is 24.8 Å². The zero-order valence-corrected chi connectivity index (χ0v) is 27.9. The highest BCUT2D eigenvalue weighted by molar-refractivity contribution is 6.14. The molecule has 2 unspecified atom stereocenters. The molecule has 2 aromatic carbocycles. The second kappa shape index (κ2) is 13.9. The Hall–Kier alpha value is -4.09. The first-order valence-corrected chi connectivity index (χ1v) is 17.4. The number of fused-ring (bicyclic) bond motifs is 3. The number of benzene rings is 2. The first-order valence-electron chi connectivity index (χ1n) is 17.4. The van der Waals surface area contributed by atoms with Gasteiger partial charge < -0.3 is 30.7 Å². The number of phenols is 1. The van der Waals surface area contributed by atoms with Crippen LogP contribution in [-0.2, 0) is 4.74 Å². The molecule has 8 rings (SSSR count). The Bertz CT molecular complexity index is 1930. The SMILES string of the molecule is C1CCNC(COC2CC2)CC1.[B]C(O)(Oc1nc(N)c2cnc(-c3cc(O)cc4ccc(F)c(C#C)c34)c(F)c2n1)C12CCCN1CCC2. The highest BCUT2D eigenvalue weighted by Crippen LogP contribution is 2.46. The normalized spacial score (nSPS) is 21.5. The van der Waals surface area contributed by atoms with Crippen molar-refractivity contribution in [3.63, 3.8) is 0 Å². The number of phenolic OH excluding ortho intramolecular Hbond substituents is 1. The third-order valence-corrected chi connectivity index (χ3v) is 10.4. The van der Waals surface area contributed by atoms with E-state index in [0.29, 0.717) is 30.4 Å². The first kappa shape index (κ1) is 34.4. The molecule has 260 valence electrons. The predicted molar refractivity (Wildman–Crippen MR) is 188 cm³/mol. The van der Waals surface area contributed by atoms with Gasteiger partial charge in [-0.25, -0.2) is 8.78 Å². The number of hydrogen-bond acceptors (Lipinski definition) is 10. The molecule has 0 spiro atoms. The monoisotopic (exact) mass is 682 g/mol. The van der Waals surface area contributed by atoms with Crippen molar-refractivity contribution in [1.82, 2.24) is 25.2 Å². The Balaban J connectivity index is 0.000000275. The van der Waals surface area contributed by atoms with Crippen LogP contribution in [0.4, 0.5) is 14.6 Å². The van der Waals surface area contributed by atoms with Crippen molar-refractivity contribution in [2.75, 3.05) is 32.0 Å². The van der Waals surface area contributed by atoms with Crippen molar-refractivity contribution in [2.24, 2.45) is 0 Å². The highest BCUT2D eigenvalue weighted by Gasteiger charge is 2.57. The third kappa shape index (κ3) is 6.57. The number of hydrogen-bond donors (Lipinski definition) is 4. The van der Waals surface area contributed by atoms with Crippen LogP contribution in [0.2, 0.25) is 0 Å². The van der Waals surface area contributed by atoms with Gasteiger partial charge in [-0.15, -0.1) is 6.42 Å². The molecular weight excluding hydrogens is 641 g/mol. The van der Waals surface area contributed by atoms with E-state index < -0.39 is 28.9 Å². The van der Waals surface area contributed by atoms with Crippen LogP contribution in [0.3, 0.4) is 0 Å². The Labute approximate surface area is 291 Å². The van der Waals surface area contributed by atoms with E-state index in [9.17, 15) is 14.6 Å². The summed E-state index contributed by atoms with van der Waals surface area (Å²) in [6.07, 6.45) is 18.4. The van der Waals surface area contributed by atoms with E-state index >= 15 is 4.39 Å². The van der Waals surface area contributed by atoms with Gasteiger partial charge in [0.25, 0.3) is 0 Å². The van der Waals surface area contributed by atoms with Crippen molar-refractivity contribution in [3.8, 4) is 35.4 Å². The van der Waals surface area contributed by atoms with E-state index in [1.807, 2.05) is 0 Å². The molecule has 2 atom stereocenters. The molecule has 2 radical (unpaired) electrons. The molecule has 4 aromatic rings. The predicted octanol–water partition coefficient (Wildman–Crippen LogP) is 4.91. The Morgan fingerprint density at radius 1 is 1.10 bits per heavy atom. The smallest absolute Gasteiger partial charge is 0.321 e. The summed E-state index contributed by atoms with van der Waals surface area (Å²) in [5.41, 5.74) is 2.59. The van der Waals surface area contributed by atoms with Gasteiger partial charge >= 0.3 is 6.01 Å². The zero-order valence-electron chi connectivity index (χ0n) is 27.9. The van der Waals surface area contributed by atoms with Crippen molar-refractivity contribution in [3.05, 3.63) is 47.7 Å². The lowest BCUT2D eigenvalue weighted by Gasteiger charge is -2.44. The topological polar surface area (TPSA) is 139 Å². The van der Waals surface area contributed by atoms with E-state index in [1.165, 1.54) is 75.5 Å². The van der Waals surface area contributed by atoms with Gasteiger partial charge in [-0.2, -0.15) is 9.97 Å². The van der Waals surface area contributed by atoms with Gasteiger partial charge in [-0.3, -0.25) is 9.88 Å². The fourth-order valence-electron chi connectivity index (χ4n) is 7.70. The summed E-state index contributed by atoms with van der Waals surface area (Å²) in [5.74, 6) is 0.359. The summed E-state index contributed by atoms with van der Waals surface area (Å²) in [6, 6.07) is 5.48. The van der Waals surface area contributed by atoms with Gasteiger partial charge in [0.15, 0.2) is 19.3 Å². The molecule has 10 nitrogen and oxygen atoms in total. The van der Waals surface area contributed by atoms with Gasteiger partial charge in [-0.05, 0) is 94.6 Å². The van der Waals surface area contributed by atoms with Crippen LogP contribution >= 0.6 is 0 Å². The Morgan fingerprint density at radius 2 is 1.88 bits per heavy atom. The lowest BCUT2D eigenvalue weighted by molar-refractivity contribution is -0.154. The molecule has 4 fully saturated rings. The molecule has 5 N–H and O–H groups in total. The molecule has 5 heterocycles. The molecule has 4 aliphatic rings. The van der Waals surface area contributed by atoms with Gasteiger partial charge in [0, 0.05) is 23.2 Å². The van der Waals surface area contributed by atoms with Crippen LogP contribution in [0.1, 0.15) is 69.8 Å². The second-order valence-electron chi connectivity index (χ2n) is 13.8. The molecule has 3 saturated heterocycles. The number of nitrogens with one attached hydrogen (secondary N) is 1. The van der Waals surface area contributed by atoms with E-state index in [0.717, 1.165) is 32.5 Å². The number of aromatic nitrogens is 3. The minimum absolute atomic E-state index is 0.0632.